The summed E-state index contributed by atoms with van der Waals surface area (Å²) in [5, 5.41) is 4.26. The van der Waals surface area contributed by atoms with Gasteiger partial charge in [0.15, 0.2) is 5.16 Å². The second-order valence-electron chi connectivity index (χ2n) is 7.70. The van der Waals surface area contributed by atoms with Crippen LogP contribution in [0.5, 0.6) is 0 Å². The molecule has 4 rings (SSSR count). The van der Waals surface area contributed by atoms with Crippen LogP contribution in [-0.2, 0) is 9.59 Å². The Morgan fingerprint density at radius 3 is 2.59 bits per heavy atom. The maximum Gasteiger partial charge on any atom is 0.238 e. The number of amides is 2. The first kappa shape index (κ1) is 22.6. The van der Waals surface area contributed by atoms with Gasteiger partial charge in [0.25, 0.3) is 0 Å². The number of aromatic nitrogens is 2. The van der Waals surface area contributed by atoms with Crippen molar-refractivity contribution in [3.63, 3.8) is 0 Å². The Kier molecular flexibility index (Phi) is 7.68. The fourth-order valence-corrected chi connectivity index (χ4v) is 4.67. The molecule has 0 radical (unpaired) electrons. The van der Waals surface area contributed by atoms with Gasteiger partial charge >= 0.3 is 0 Å². The Bertz CT molecular complexity index is 1050. The number of para-hydroxylation sites is 3. The molecule has 2 amide bonds. The average molecular weight is 472 g/mol. The van der Waals surface area contributed by atoms with Crippen LogP contribution in [0.1, 0.15) is 12.8 Å². The largest absolute Gasteiger partial charge is 0.340 e. The monoisotopic (exact) mass is 471 g/mol. The van der Waals surface area contributed by atoms with Crippen molar-refractivity contribution in [1.82, 2.24) is 19.8 Å². The third-order valence-electron chi connectivity index (χ3n) is 5.38. The number of carbonyl (C=O) groups is 2. The fourth-order valence-electron chi connectivity index (χ4n) is 3.66. The molecule has 1 aliphatic heterocycles. The number of halogens is 1. The zero-order valence-corrected chi connectivity index (χ0v) is 19.3. The van der Waals surface area contributed by atoms with E-state index in [0.717, 1.165) is 28.4 Å². The summed E-state index contributed by atoms with van der Waals surface area (Å²) >= 11 is 7.74. The molecule has 7 nitrogen and oxygen atoms in total. The number of H-pyrrole nitrogens is 1. The van der Waals surface area contributed by atoms with E-state index in [0.29, 0.717) is 49.9 Å². The number of piperazine rings is 1. The quantitative estimate of drug-likeness (QED) is 0.385. The molecule has 2 aromatic carbocycles. The predicted molar refractivity (Wildman–Crippen MR) is 129 cm³/mol. The molecular formula is C23H26ClN5O2S. The second kappa shape index (κ2) is 10.8. The number of carbonyl (C=O) groups excluding carboxylic acids is 2. The molecule has 32 heavy (non-hydrogen) atoms. The minimum absolute atomic E-state index is 0.0968. The van der Waals surface area contributed by atoms with Gasteiger partial charge < -0.3 is 15.2 Å². The summed E-state index contributed by atoms with van der Waals surface area (Å²) in [6.07, 6.45) is 1.33. The number of rotatable bonds is 8. The van der Waals surface area contributed by atoms with E-state index in [1.165, 1.54) is 0 Å². The smallest absolute Gasteiger partial charge is 0.238 e. The van der Waals surface area contributed by atoms with Gasteiger partial charge in [-0.2, -0.15) is 0 Å². The van der Waals surface area contributed by atoms with Crippen LogP contribution in [0.25, 0.3) is 11.0 Å². The SMILES string of the molecule is O=C(CN1CCN(C(=O)CCCSc2nc3ccccc3[nH]2)CC1)Nc1ccccc1Cl. The number of aromatic amines is 1. The summed E-state index contributed by atoms with van der Waals surface area (Å²) < 4.78 is 0. The van der Waals surface area contributed by atoms with Crippen LogP contribution in [0.2, 0.25) is 5.02 Å². The van der Waals surface area contributed by atoms with Gasteiger partial charge in [-0.05, 0) is 30.7 Å². The van der Waals surface area contributed by atoms with Crippen molar-refractivity contribution in [2.24, 2.45) is 0 Å². The lowest BCUT2D eigenvalue weighted by molar-refractivity contribution is -0.133. The summed E-state index contributed by atoms with van der Waals surface area (Å²) in [5.41, 5.74) is 2.61. The van der Waals surface area contributed by atoms with Crippen molar-refractivity contribution in [3.8, 4) is 0 Å². The number of hydrogen-bond acceptors (Lipinski definition) is 5. The Hall–Kier alpha value is -2.55. The van der Waals surface area contributed by atoms with Crippen LogP contribution >= 0.6 is 23.4 Å². The van der Waals surface area contributed by atoms with Gasteiger partial charge in [-0.1, -0.05) is 47.6 Å². The number of anilines is 1. The van der Waals surface area contributed by atoms with E-state index in [9.17, 15) is 9.59 Å². The molecule has 1 saturated heterocycles. The molecule has 0 aliphatic carbocycles. The number of fused-ring (bicyclic) bond motifs is 1. The molecule has 1 fully saturated rings. The third kappa shape index (κ3) is 6.03. The number of imidazole rings is 1. The van der Waals surface area contributed by atoms with Crippen LogP contribution in [0.15, 0.2) is 53.7 Å². The minimum atomic E-state index is -0.0968. The Balaban J connectivity index is 1.13. The minimum Gasteiger partial charge on any atom is -0.340 e. The lowest BCUT2D eigenvalue weighted by Gasteiger charge is -2.34. The Labute approximate surface area is 196 Å². The standard InChI is InChI=1S/C23H26ClN5O2S/c24-17-6-1-2-7-18(17)25-21(30)16-28-11-13-29(14-12-28)22(31)10-5-15-32-23-26-19-8-3-4-9-20(19)27-23/h1-4,6-9H,5,10-16H2,(H,25,30)(H,26,27). The lowest BCUT2D eigenvalue weighted by atomic mass is 10.2. The number of hydrogen-bond donors (Lipinski definition) is 2. The molecule has 1 aromatic heterocycles. The highest BCUT2D eigenvalue weighted by Gasteiger charge is 2.22. The maximum atomic E-state index is 12.5. The number of nitrogens with one attached hydrogen (secondary N) is 2. The zero-order valence-electron chi connectivity index (χ0n) is 17.7. The van der Waals surface area contributed by atoms with Gasteiger partial charge in [0.1, 0.15) is 0 Å². The van der Waals surface area contributed by atoms with Crippen molar-refractivity contribution in [2.75, 3.05) is 43.8 Å². The molecule has 2 heterocycles. The summed E-state index contributed by atoms with van der Waals surface area (Å²) in [6, 6.07) is 15.1. The van der Waals surface area contributed by atoms with Gasteiger partial charge in [-0.25, -0.2) is 4.98 Å². The molecule has 0 spiro atoms. The topological polar surface area (TPSA) is 81.3 Å². The van der Waals surface area contributed by atoms with Gasteiger partial charge in [-0.15, -0.1) is 0 Å². The van der Waals surface area contributed by atoms with E-state index in [1.54, 1.807) is 23.9 Å². The highest BCUT2D eigenvalue weighted by molar-refractivity contribution is 7.99. The van der Waals surface area contributed by atoms with Crippen molar-refractivity contribution < 1.29 is 9.59 Å². The van der Waals surface area contributed by atoms with Gasteiger partial charge in [0, 0.05) is 38.4 Å². The summed E-state index contributed by atoms with van der Waals surface area (Å²) in [5.74, 6) is 0.921. The molecule has 0 unspecified atom stereocenters. The first-order valence-corrected chi connectivity index (χ1v) is 12.1. The van der Waals surface area contributed by atoms with E-state index in [4.69, 9.17) is 11.6 Å². The Morgan fingerprint density at radius 1 is 1.06 bits per heavy atom. The van der Waals surface area contributed by atoms with Crippen molar-refractivity contribution >= 4 is 51.9 Å². The highest BCUT2D eigenvalue weighted by atomic mass is 35.5. The van der Waals surface area contributed by atoms with Crippen LogP contribution < -0.4 is 5.32 Å². The summed E-state index contributed by atoms with van der Waals surface area (Å²) in [6.45, 7) is 2.97. The molecule has 9 heteroatoms. The molecule has 0 bridgehead atoms. The van der Waals surface area contributed by atoms with E-state index >= 15 is 0 Å². The third-order valence-corrected chi connectivity index (χ3v) is 6.67. The van der Waals surface area contributed by atoms with Crippen molar-refractivity contribution in [1.29, 1.82) is 0 Å². The molecule has 0 atom stereocenters. The Morgan fingerprint density at radius 2 is 1.81 bits per heavy atom. The van der Waals surface area contributed by atoms with Crippen molar-refractivity contribution in [2.45, 2.75) is 18.0 Å². The number of thioether (sulfide) groups is 1. The number of nitrogens with zero attached hydrogens (tertiary/aromatic N) is 3. The first-order valence-electron chi connectivity index (χ1n) is 10.7. The van der Waals surface area contributed by atoms with Crippen LogP contribution in [0.4, 0.5) is 5.69 Å². The van der Waals surface area contributed by atoms with E-state index in [2.05, 4.69) is 20.2 Å². The summed E-state index contributed by atoms with van der Waals surface area (Å²) in [4.78, 5) is 36.6. The van der Waals surface area contributed by atoms with E-state index < -0.39 is 0 Å². The highest BCUT2D eigenvalue weighted by Crippen LogP contribution is 2.21. The van der Waals surface area contributed by atoms with E-state index in [1.807, 2.05) is 41.3 Å². The maximum absolute atomic E-state index is 12.5. The van der Waals surface area contributed by atoms with Crippen molar-refractivity contribution in [3.05, 3.63) is 53.6 Å². The zero-order chi connectivity index (χ0) is 22.3. The van der Waals surface area contributed by atoms with Crippen LogP contribution in [0.3, 0.4) is 0 Å². The molecule has 3 aromatic rings. The van der Waals surface area contributed by atoms with Gasteiger partial charge in [0.05, 0.1) is 28.3 Å². The average Bonchev–Trinajstić information content (AvgIpc) is 3.21. The van der Waals surface area contributed by atoms with E-state index in [-0.39, 0.29) is 11.8 Å². The fraction of sp³-hybridized carbons (Fsp3) is 0.348. The second-order valence-corrected chi connectivity index (χ2v) is 9.19. The van der Waals surface area contributed by atoms with Gasteiger partial charge in [0.2, 0.25) is 11.8 Å². The molecule has 2 N–H and O–H groups in total. The first-order chi connectivity index (χ1) is 15.6. The number of benzene rings is 2. The van der Waals surface area contributed by atoms with Crippen LogP contribution in [0, 0.1) is 0 Å². The van der Waals surface area contributed by atoms with Gasteiger partial charge in [-0.3, -0.25) is 14.5 Å². The lowest BCUT2D eigenvalue weighted by Crippen LogP contribution is -2.50. The summed E-state index contributed by atoms with van der Waals surface area (Å²) in [7, 11) is 0. The normalized spacial score (nSPS) is 14.6. The van der Waals surface area contributed by atoms with Crippen LogP contribution in [-0.4, -0.2) is 70.1 Å². The predicted octanol–water partition coefficient (Wildman–Crippen LogP) is 3.87. The molecule has 168 valence electrons. The molecule has 1 aliphatic rings. The molecule has 0 saturated carbocycles. The molecular weight excluding hydrogens is 446 g/mol.